The number of hydrogen-bond acceptors (Lipinski definition) is 5. The highest BCUT2D eigenvalue weighted by Gasteiger charge is 2.14. The van der Waals surface area contributed by atoms with Crippen LogP contribution in [-0.2, 0) is 24.1 Å². The van der Waals surface area contributed by atoms with Crippen molar-refractivity contribution in [2.24, 2.45) is 0 Å². The van der Waals surface area contributed by atoms with Crippen LogP contribution in [0.1, 0.15) is 50.6 Å². The standard InChI is InChI=1S/C18H27N5OS/c1-4-7-11-15-21-22-18(23(15)19)25-12-16(24)20-17-13(5-2)9-8-10-14(17)6-3/h8-10H,4-7,11-12,19H2,1-3H3,(H,20,24). The third-order valence-electron chi connectivity index (χ3n) is 4.08. The first-order valence-corrected chi connectivity index (χ1v) is 9.81. The Morgan fingerprint density at radius 1 is 1.20 bits per heavy atom. The molecule has 2 rings (SSSR count). The Bertz CT molecular complexity index is 691. The molecule has 1 aromatic heterocycles. The van der Waals surface area contributed by atoms with Crippen molar-refractivity contribution >= 4 is 23.4 Å². The van der Waals surface area contributed by atoms with Gasteiger partial charge in [-0.1, -0.05) is 57.2 Å². The molecule has 0 unspecified atom stereocenters. The zero-order chi connectivity index (χ0) is 18.2. The van der Waals surface area contributed by atoms with E-state index in [1.165, 1.54) is 16.4 Å². The predicted molar refractivity (Wildman–Crippen MR) is 103 cm³/mol. The average molecular weight is 362 g/mol. The molecule has 7 heteroatoms. The van der Waals surface area contributed by atoms with E-state index in [9.17, 15) is 4.79 Å². The van der Waals surface area contributed by atoms with E-state index in [4.69, 9.17) is 5.84 Å². The van der Waals surface area contributed by atoms with Gasteiger partial charge in [-0.05, 0) is 30.4 Å². The van der Waals surface area contributed by atoms with E-state index < -0.39 is 0 Å². The van der Waals surface area contributed by atoms with Crippen LogP contribution < -0.4 is 11.2 Å². The molecule has 0 atom stereocenters. The molecule has 0 aliphatic heterocycles. The highest BCUT2D eigenvalue weighted by Crippen LogP contribution is 2.23. The molecule has 1 heterocycles. The van der Waals surface area contributed by atoms with Gasteiger partial charge in [0, 0.05) is 12.1 Å². The maximum atomic E-state index is 12.4. The third-order valence-corrected chi connectivity index (χ3v) is 5.03. The number of thioether (sulfide) groups is 1. The number of nitrogen functional groups attached to an aromatic ring is 1. The molecule has 136 valence electrons. The van der Waals surface area contributed by atoms with Crippen molar-refractivity contribution in [2.75, 3.05) is 16.9 Å². The molecule has 25 heavy (non-hydrogen) atoms. The highest BCUT2D eigenvalue weighted by atomic mass is 32.2. The number of hydrogen-bond donors (Lipinski definition) is 2. The summed E-state index contributed by atoms with van der Waals surface area (Å²) in [5.41, 5.74) is 3.25. The number of unbranched alkanes of at least 4 members (excludes halogenated alkanes) is 1. The summed E-state index contributed by atoms with van der Waals surface area (Å²) in [6.07, 6.45) is 4.67. The number of nitrogens with one attached hydrogen (secondary N) is 1. The normalized spacial score (nSPS) is 10.8. The molecule has 0 fully saturated rings. The Morgan fingerprint density at radius 3 is 2.48 bits per heavy atom. The fourth-order valence-corrected chi connectivity index (χ4v) is 3.30. The van der Waals surface area contributed by atoms with Gasteiger partial charge in [0.05, 0.1) is 5.75 Å². The summed E-state index contributed by atoms with van der Waals surface area (Å²) in [6, 6.07) is 6.15. The van der Waals surface area contributed by atoms with Crippen LogP contribution in [0.25, 0.3) is 0 Å². The van der Waals surface area contributed by atoms with Crippen molar-refractivity contribution in [1.82, 2.24) is 14.9 Å². The van der Waals surface area contributed by atoms with Crippen LogP contribution in [0.2, 0.25) is 0 Å². The van der Waals surface area contributed by atoms with E-state index in [1.54, 1.807) is 0 Å². The van der Waals surface area contributed by atoms with Gasteiger partial charge in [0.2, 0.25) is 11.1 Å². The number of rotatable bonds is 9. The Kier molecular flexibility index (Phi) is 7.31. The molecule has 0 spiro atoms. The number of carbonyl (C=O) groups excluding carboxylic acids is 1. The van der Waals surface area contributed by atoms with Gasteiger partial charge in [-0.25, -0.2) is 4.68 Å². The quantitative estimate of drug-likeness (QED) is 0.529. The first kappa shape index (κ1) is 19.3. The number of anilines is 1. The topological polar surface area (TPSA) is 85.8 Å². The van der Waals surface area contributed by atoms with Crippen LogP contribution in [-0.4, -0.2) is 26.5 Å². The van der Waals surface area contributed by atoms with E-state index in [2.05, 4.69) is 48.4 Å². The number of aryl methyl sites for hydroxylation is 3. The SMILES string of the molecule is CCCCc1nnc(SCC(=O)Nc2c(CC)cccc2CC)n1N. The van der Waals surface area contributed by atoms with Crippen LogP contribution >= 0.6 is 11.8 Å². The fourth-order valence-electron chi connectivity index (χ4n) is 2.62. The number of benzene rings is 1. The number of nitrogens with zero attached hydrogens (tertiary/aromatic N) is 3. The van der Waals surface area contributed by atoms with Gasteiger partial charge in [0.15, 0.2) is 5.82 Å². The molecule has 3 N–H and O–H groups in total. The van der Waals surface area contributed by atoms with E-state index in [0.29, 0.717) is 5.16 Å². The molecular weight excluding hydrogens is 334 g/mol. The number of nitrogens with two attached hydrogens (primary N) is 1. The average Bonchev–Trinajstić information content (AvgIpc) is 2.98. The van der Waals surface area contributed by atoms with Crippen molar-refractivity contribution in [3.8, 4) is 0 Å². The lowest BCUT2D eigenvalue weighted by molar-refractivity contribution is -0.113. The maximum Gasteiger partial charge on any atom is 0.234 e. The lowest BCUT2D eigenvalue weighted by Crippen LogP contribution is -2.18. The predicted octanol–water partition coefficient (Wildman–Crippen LogP) is 3.19. The van der Waals surface area contributed by atoms with Gasteiger partial charge in [-0.2, -0.15) is 0 Å². The summed E-state index contributed by atoms with van der Waals surface area (Å²) in [5.74, 6) is 6.97. The van der Waals surface area contributed by atoms with Gasteiger partial charge in [-0.15, -0.1) is 10.2 Å². The smallest absolute Gasteiger partial charge is 0.234 e. The van der Waals surface area contributed by atoms with Crippen LogP contribution in [0, 0.1) is 0 Å². The largest absolute Gasteiger partial charge is 0.336 e. The van der Waals surface area contributed by atoms with Crippen molar-refractivity contribution < 1.29 is 4.79 Å². The van der Waals surface area contributed by atoms with E-state index in [0.717, 1.165) is 54.7 Å². The zero-order valence-electron chi connectivity index (χ0n) is 15.2. The molecule has 1 aromatic carbocycles. The molecular formula is C18H27N5OS. The molecule has 6 nitrogen and oxygen atoms in total. The van der Waals surface area contributed by atoms with Gasteiger partial charge in [-0.3, -0.25) is 4.79 Å². The molecule has 0 bridgehead atoms. The Morgan fingerprint density at radius 2 is 1.88 bits per heavy atom. The summed E-state index contributed by atoms with van der Waals surface area (Å²) in [6.45, 7) is 6.30. The molecule has 0 saturated carbocycles. The molecule has 1 amide bonds. The minimum absolute atomic E-state index is 0.0568. The second-order valence-corrected chi connectivity index (χ2v) is 6.81. The Hall–Kier alpha value is -2.02. The number of amides is 1. The van der Waals surface area contributed by atoms with Crippen molar-refractivity contribution in [1.29, 1.82) is 0 Å². The van der Waals surface area contributed by atoms with Gasteiger partial charge < -0.3 is 11.2 Å². The second-order valence-electron chi connectivity index (χ2n) is 5.87. The Balaban J connectivity index is 1.99. The summed E-state index contributed by atoms with van der Waals surface area (Å²) in [4.78, 5) is 12.4. The first-order chi connectivity index (χ1) is 12.1. The lowest BCUT2D eigenvalue weighted by atomic mass is 10.0. The van der Waals surface area contributed by atoms with Crippen LogP contribution in [0.3, 0.4) is 0 Å². The highest BCUT2D eigenvalue weighted by molar-refractivity contribution is 7.99. The van der Waals surface area contributed by atoms with E-state index in [-0.39, 0.29) is 11.7 Å². The van der Waals surface area contributed by atoms with E-state index in [1.807, 2.05) is 6.07 Å². The van der Waals surface area contributed by atoms with Gasteiger partial charge >= 0.3 is 0 Å². The van der Waals surface area contributed by atoms with Crippen LogP contribution in [0.5, 0.6) is 0 Å². The first-order valence-electron chi connectivity index (χ1n) is 8.83. The summed E-state index contributed by atoms with van der Waals surface area (Å²) in [7, 11) is 0. The summed E-state index contributed by atoms with van der Waals surface area (Å²) in [5, 5.41) is 11.8. The maximum absolute atomic E-state index is 12.4. The molecule has 0 radical (unpaired) electrons. The monoisotopic (exact) mass is 361 g/mol. The van der Waals surface area contributed by atoms with Crippen LogP contribution in [0.15, 0.2) is 23.4 Å². The lowest BCUT2D eigenvalue weighted by Gasteiger charge is -2.14. The summed E-state index contributed by atoms with van der Waals surface area (Å²) < 4.78 is 1.49. The summed E-state index contributed by atoms with van der Waals surface area (Å²) >= 11 is 1.31. The van der Waals surface area contributed by atoms with Crippen molar-refractivity contribution in [2.45, 2.75) is 58.0 Å². The Labute approximate surface area is 153 Å². The second kappa shape index (κ2) is 9.46. The number of carbonyl (C=O) groups is 1. The number of aromatic nitrogens is 3. The van der Waals surface area contributed by atoms with Crippen LogP contribution in [0.4, 0.5) is 5.69 Å². The molecule has 0 saturated heterocycles. The molecule has 0 aliphatic carbocycles. The minimum atomic E-state index is -0.0568. The third kappa shape index (κ3) is 4.98. The van der Waals surface area contributed by atoms with Gasteiger partial charge in [0.1, 0.15) is 0 Å². The minimum Gasteiger partial charge on any atom is -0.336 e. The molecule has 2 aromatic rings. The van der Waals surface area contributed by atoms with Gasteiger partial charge in [0.25, 0.3) is 0 Å². The fraction of sp³-hybridized carbons (Fsp3) is 0.500. The molecule has 0 aliphatic rings. The zero-order valence-corrected chi connectivity index (χ0v) is 16.0. The van der Waals surface area contributed by atoms with Crippen molar-refractivity contribution in [3.63, 3.8) is 0 Å². The van der Waals surface area contributed by atoms with Crippen molar-refractivity contribution in [3.05, 3.63) is 35.2 Å². The number of para-hydroxylation sites is 1. The van der Waals surface area contributed by atoms with E-state index >= 15 is 0 Å².